The van der Waals surface area contributed by atoms with Crippen molar-refractivity contribution in [3.8, 4) is 0 Å². The van der Waals surface area contributed by atoms with Crippen molar-refractivity contribution in [2.75, 3.05) is 0 Å². The van der Waals surface area contributed by atoms with Crippen LogP contribution in [0.5, 0.6) is 0 Å². The topological polar surface area (TPSA) is 0 Å². The van der Waals surface area contributed by atoms with E-state index in [1.165, 1.54) is 33.4 Å². The summed E-state index contributed by atoms with van der Waals surface area (Å²) in [7, 11) is 0. The molecular weight excluding hydrogens is 324 g/mol. The summed E-state index contributed by atoms with van der Waals surface area (Å²) in [5, 5.41) is 0. The predicted octanol–water partition coefficient (Wildman–Crippen LogP) is 7.27. The number of hydrogen-bond donors (Lipinski definition) is 0. The van der Waals surface area contributed by atoms with Crippen LogP contribution in [-0.4, -0.2) is 0 Å². The van der Waals surface area contributed by atoms with Crippen molar-refractivity contribution < 1.29 is 0 Å². The minimum atomic E-state index is 0.203. The van der Waals surface area contributed by atoms with Crippen LogP contribution in [0.1, 0.15) is 71.9 Å². The van der Waals surface area contributed by atoms with E-state index in [9.17, 15) is 0 Å². The Morgan fingerprint density at radius 1 is 0.481 bits per heavy atom. The molecule has 0 amide bonds. The normalized spacial score (nSPS) is 21.9. The minimum absolute atomic E-state index is 0.203. The van der Waals surface area contributed by atoms with Crippen LogP contribution in [0.15, 0.2) is 72.8 Å². The van der Waals surface area contributed by atoms with Crippen LogP contribution >= 0.6 is 0 Å². The highest BCUT2D eigenvalue weighted by molar-refractivity contribution is 5.49. The summed E-state index contributed by atoms with van der Waals surface area (Å²) in [6, 6.07) is 27.7. The molecule has 0 heteroatoms. The van der Waals surface area contributed by atoms with Gasteiger partial charge in [0.1, 0.15) is 0 Å². The zero-order valence-electron chi connectivity index (χ0n) is 17.2. The molecule has 0 aliphatic heterocycles. The van der Waals surface area contributed by atoms with Crippen molar-refractivity contribution in [3.05, 3.63) is 106 Å². The van der Waals surface area contributed by atoms with Gasteiger partial charge in [0.25, 0.3) is 0 Å². The summed E-state index contributed by atoms with van der Waals surface area (Å²) in [4.78, 5) is 0. The number of hydrogen-bond acceptors (Lipinski definition) is 0. The quantitative estimate of drug-likeness (QED) is 0.464. The van der Waals surface area contributed by atoms with Crippen LogP contribution < -0.4 is 0 Å². The lowest BCUT2D eigenvalue weighted by atomic mass is 9.86. The van der Waals surface area contributed by atoms with Gasteiger partial charge in [-0.25, -0.2) is 0 Å². The molecule has 27 heavy (non-hydrogen) atoms. The van der Waals surface area contributed by atoms with E-state index < -0.39 is 0 Å². The molecule has 0 radical (unpaired) electrons. The fourth-order valence-electron chi connectivity index (χ4n) is 4.34. The molecule has 2 atom stereocenters. The Kier molecular flexibility index (Phi) is 4.46. The van der Waals surface area contributed by atoms with Gasteiger partial charge in [0.15, 0.2) is 0 Å². The molecule has 3 aromatic carbocycles. The average molecular weight is 355 g/mol. The molecule has 1 saturated carbocycles. The first kappa shape index (κ1) is 18.0. The van der Waals surface area contributed by atoms with E-state index in [0.717, 1.165) is 0 Å². The number of rotatable bonds is 3. The van der Waals surface area contributed by atoms with E-state index in [1.54, 1.807) is 0 Å². The number of benzene rings is 3. The van der Waals surface area contributed by atoms with Crippen molar-refractivity contribution in [1.29, 1.82) is 0 Å². The van der Waals surface area contributed by atoms with E-state index in [4.69, 9.17) is 0 Å². The van der Waals surface area contributed by atoms with Crippen molar-refractivity contribution >= 4 is 0 Å². The van der Waals surface area contributed by atoms with Gasteiger partial charge in [0, 0.05) is 0 Å². The Bertz CT molecular complexity index is 854. The third-order valence-corrected chi connectivity index (χ3v) is 6.11. The fourth-order valence-corrected chi connectivity index (χ4v) is 4.34. The monoisotopic (exact) mass is 354 g/mol. The lowest BCUT2D eigenvalue weighted by Gasteiger charge is -2.19. The Labute approximate surface area is 164 Å². The summed E-state index contributed by atoms with van der Waals surface area (Å²) in [6.07, 6.45) is 0. The van der Waals surface area contributed by atoms with Gasteiger partial charge in [0.05, 0.1) is 0 Å². The summed E-state index contributed by atoms with van der Waals surface area (Å²) >= 11 is 0. The van der Waals surface area contributed by atoms with E-state index in [0.29, 0.717) is 17.8 Å². The molecule has 1 aliphatic carbocycles. The Morgan fingerprint density at radius 2 is 0.778 bits per heavy atom. The molecule has 0 aromatic heterocycles. The standard InChI is InChI=1S/C27H30/c1-18-6-10-20(11-7-18)24-25(21-12-8-19(2)9-13-21)26(24)22-14-16-23(17-15-22)27(3,4)5/h6-17,24-26H,1-5H3. The Hall–Kier alpha value is -2.34. The highest BCUT2D eigenvalue weighted by atomic mass is 14.5. The third kappa shape index (κ3) is 3.58. The van der Waals surface area contributed by atoms with Crippen molar-refractivity contribution in [3.63, 3.8) is 0 Å². The smallest absolute Gasteiger partial charge is 0.00120 e. The van der Waals surface area contributed by atoms with Gasteiger partial charge in [-0.05, 0) is 59.3 Å². The maximum absolute atomic E-state index is 2.36. The van der Waals surface area contributed by atoms with Gasteiger partial charge in [-0.15, -0.1) is 0 Å². The van der Waals surface area contributed by atoms with Crippen LogP contribution in [0.4, 0.5) is 0 Å². The van der Waals surface area contributed by atoms with E-state index >= 15 is 0 Å². The molecule has 0 saturated heterocycles. The van der Waals surface area contributed by atoms with Crippen molar-refractivity contribution in [2.45, 2.75) is 57.8 Å². The molecule has 3 aromatic rings. The first-order valence-corrected chi connectivity index (χ1v) is 10.1. The summed E-state index contributed by atoms with van der Waals surface area (Å²) < 4.78 is 0. The predicted molar refractivity (Wildman–Crippen MR) is 116 cm³/mol. The molecule has 0 bridgehead atoms. The maximum Gasteiger partial charge on any atom is -0.00120 e. The largest absolute Gasteiger partial charge is 0.0590 e. The Balaban J connectivity index is 1.69. The maximum atomic E-state index is 2.36. The van der Waals surface area contributed by atoms with E-state index in [1.807, 2.05) is 0 Å². The van der Waals surface area contributed by atoms with Gasteiger partial charge in [-0.2, -0.15) is 0 Å². The molecule has 138 valence electrons. The highest BCUT2D eigenvalue weighted by Gasteiger charge is 2.52. The number of aryl methyl sites for hydroxylation is 2. The summed E-state index contributed by atoms with van der Waals surface area (Å²) in [5.41, 5.74) is 8.68. The van der Waals surface area contributed by atoms with Gasteiger partial charge in [0.2, 0.25) is 0 Å². The molecule has 1 fully saturated rings. The molecule has 0 nitrogen and oxygen atoms in total. The molecular formula is C27H30. The van der Waals surface area contributed by atoms with Crippen LogP contribution in [0.3, 0.4) is 0 Å². The van der Waals surface area contributed by atoms with Crippen molar-refractivity contribution in [1.82, 2.24) is 0 Å². The molecule has 0 spiro atoms. The van der Waals surface area contributed by atoms with Gasteiger partial charge < -0.3 is 0 Å². The first-order valence-electron chi connectivity index (χ1n) is 10.1. The van der Waals surface area contributed by atoms with Crippen molar-refractivity contribution in [2.24, 2.45) is 0 Å². The zero-order chi connectivity index (χ0) is 19.2. The summed E-state index contributed by atoms with van der Waals surface area (Å²) in [5.74, 6) is 1.73. The minimum Gasteiger partial charge on any atom is -0.0590 e. The highest BCUT2D eigenvalue weighted by Crippen LogP contribution is 2.66. The van der Waals surface area contributed by atoms with Crippen LogP contribution in [-0.2, 0) is 5.41 Å². The van der Waals surface area contributed by atoms with Gasteiger partial charge in [-0.1, -0.05) is 105 Å². The van der Waals surface area contributed by atoms with Gasteiger partial charge in [-0.3, -0.25) is 0 Å². The van der Waals surface area contributed by atoms with Crippen LogP contribution in [0, 0.1) is 13.8 Å². The average Bonchev–Trinajstić information content (AvgIpc) is 3.38. The lowest BCUT2D eigenvalue weighted by molar-refractivity contribution is 0.590. The third-order valence-electron chi connectivity index (χ3n) is 6.11. The second kappa shape index (κ2) is 6.68. The van der Waals surface area contributed by atoms with Crippen LogP contribution in [0.2, 0.25) is 0 Å². The zero-order valence-corrected chi connectivity index (χ0v) is 17.2. The SMILES string of the molecule is Cc1ccc(C2C(c3ccc(C)cc3)C2c2ccc(C(C)(C)C)cc2)cc1. The Morgan fingerprint density at radius 3 is 1.07 bits per heavy atom. The van der Waals surface area contributed by atoms with E-state index in [-0.39, 0.29) is 5.41 Å². The first-order chi connectivity index (χ1) is 12.8. The molecule has 1 aliphatic rings. The van der Waals surface area contributed by atoms with Gasteiger partial charge >= 0.3 is 0 Å². The fraction of sp³-hybridized carbons (Fsp3) is 0.333. The molecule has 4 rings (SSSR count). The van der Waals surface area contributed by atoms with E-state index in [2.05, 4.69) is 107 Å². The second-order valence-electron chi connectivity index (χ2n) is 9.27. The second-order valence-corrected chi connectivity index (χ2v) is 9.27. The molecule has 0 N–H and O–H groups in total. The lowest BCUT2D eigenvalue weighted by Crippen LogP contribution is -2.10. The molecule has 2 unspecified atom stereocenters. The summed E-state index contributed by atoms with van der Waals surface area (Å²) in [6.45, 7) is 11.2. The molecule has 0 heterocycles. The van der Waals surface area contributed by atoms with Crippen LogP contribution in [0.25, 0.3) is 0 Å².